The minimum atomic E-state index is -0.646. The van der Waals surface area contributed by atoms with E-state index in [1.54, 1.807) is 29.2 Å². The SMILES string of the molecule is CNCC1(c2ccc(N3CCc4c(C(N)=O)nn(-c5cccc(Cl)c5)c4C3=O)cc2)CC1. The highest BCUT2D eigenvalue weighted by molar-refractivity contribution is 6.30. The van der Waals surface area contributed by atoms with Gasteiger partial charge in [-0.25, -0.2) is 4.68 Å². The summed E-state index contributed by atoms with van der Waals surface area (Å²) in [6.07, 6.45) is 2.84. The van der Waals surface area contributed by atoms with Crippen molar-refractivity contribution in [3.63, 3.8) is 0 Å². The molecule has 5 rings (SSSR count). The van der Waals surface area contributed by atoms with Crippen molar-refractivity contribution >= 4 is 29.1 Å². The van der Waals surface area contributed by atoms with Crippen LogP contribution < -0.4 is 16.0 Å². The van der Waals surface area contributed by atoms with Crippen LogP contribution in [0, 0.1) is 0 Å². The molecular formula is C24H24ClN5O2. The fourth-order valence-electron chi connectivity index (χ4n) is 4.65. The van der Waals surface area contributed by atoms with Gasteiger partial charge in [-0.2, -0.15) is 5.10 Å². The molecule has 0 unspecified atom stereocenters. The number of hydrogen-bond acceptors (Lipinski definition) is 4. The van der Waals surface area contributed by atoms with Crippen molar-refractivity contribution in [2.24, 2.45) is 5.73 Å². The zero-order valence-electron chi connectivity index (χ0n) is 17.8. The minimum Gasteiger partial charge on any atom is -0.364 e. The highest BCUT2D eigenvalue weighted by Crippen LogP contribution is 2.48. The minimum absolute atomic E-state index is 0.131. The van der Waals surface area contributed by atoms with Gasteiger partial charge in [0.2, 0.25) is 0 Å². The van der Waals surface area contributed by atoms with E-state index >= 15 is 0 Å². The van der Waals surface area contributed by atoms with Gasteiger partial charge < -0.3 is 16.0 Å². The predicted octanol–water partition coefficient (Wildman–Crippen LogP) is 3.08. The molecule has 8 heteroatoms. The average Bonchev–Trinajstić information content (AvgIpc) is 3.45. The van der Waals surface area contributed by atoms with Crippen LogP contribution in [0.15, 0.2) is 48.5 Å². The molecule has 2 aromatic carbocycles. The molecule has 2 aliphatic rings. The number of primary amides is 1. The van der Waals surface area contributed by atoms with Crippen molar-refractivity contribution in [1.82, 2.24) is 15.1 Å². The molecule has 2 heterocycles. The fourth-order valence-corrected chi connectivity index (χ4v) is 4.84. The molecule has 0 radical (unpaired) electrons. The lowest BCUT2D eigenvalue weighted by Gasteiger charge is -2.28. The molecule has 1 aliphatic heterocycles. The van der Waals surface area contributed by atoms with E-state index in [9.17, 15) is 9.59 Å². The number of likely N-dealkylation sites (N-methyl/N-ethyl adjacent to an activating group) is 1. The Hall–Kier alpha value is -3.16. The van der Waals surface area contributed by atoms with E-state index < -0.39 is 5.91 Å². The smallest absolute Gasteiger partial charge is 0.277 e. The van der Waals surface area contributed by atoms with Crippen molar-refractivity contribution in [2.75, 3.05) is 25.0 Å². The third kappa shape index (κ3) is 3.38. The van der Waals surface area contributed by atoms with Gasteiger partial charge in [-0.1, -0.05) is 29.8 Å². The number of anilines is 1. The molecule has 0 bridgehead atoms. The van der Waals surface area contributed by atoms with Gasteiger partial charge in [0, 0.05) is 34.8 Å². The first-order valence-electron chi connectivity index (χ1n) is 10.7. The number of nitrogens with one attached hydrogen (secondary N) is 1. The van der Waals surface area contributed by atoms with E-state index in [4.69, 9.17) is 17.3 Å². The third-order valence-electron chi connectivity index (χ3n) is 6.46. The Bertz CT molecular complexity index is 1210. The average molecular weight is 450 g/mol. The fraction of sp³-hybridized carbons (Fsp3) is 0.292. The van der Waals surface area contributed by atoms with Crippen molar-refractivity contribution in [3.8, 4) is 5.69 Å². The maximum Gasteiger partial charge on any atom is 0.277 e. The van der Waals surface area contributed by atoms with Crippen LogP contribution in [0.4, 0.5) is 5.69 Å². The van der Waals surface area contributed by atoms with Crippen molar-refractivity contribution in [1.29, 1.82) is 0 Å². The number of aromatic nitrogens is 2. The van der Waals surface area contributed by atoms with Crippen LogP contribution in [-0.4, -0.2) is 41.7 Å². The van der Waals surface area contributed by atoms with Gasteiger partial charge in [-0.3, -0.25) is 9.59 Å². The first kappa shape index (κ1) is 20.7. The number of nitrogens with two attached hydrogens (primary N) is 1. The summed E-state index contributed by atoms with van der Waals surface area (Å²) in [5.41, 5.74) is 9.57. The molecule has 1 aliphatic carbocycles. The lowest BCUT2D eigenvalue weighted by Crippen LogP contribution is -2.39. The number of hydrogen-bond donors (Lipinski definition) is 2. The Morgan fingerprint density at radius 1 is 1.19 bits per heavy atom. The van der Waals surface area contributed by atoms with E-state index in [1.165, 1.54) is 23.1 Å². The van der Waals surface area contributed by atoms with Crippen LogP contribution >= 0.6 is 11.6 Å². The van der Waals surface area contributed by atoms with Crippen molar-refractivity contribution < 1.29 is 9.59 Å². The van der Waals surface area contributed by atoms with Crippen LogP contribution in [0.2, 0.25) is 5.02 Å². The highest BCUT2D eigenvalue weighted by Gasteiger charge is 2.43. The summed E-state index contributed by atoms with van der Waals surface area (Å²) in [5.74, 6) is -0.859. The first-order chi connectivity index (χ1) is 15.4. The predicted molar refractivity (Wildman–Crippen MR) is 124 cm³/mol. The second-order valence-electron chi connectivity index (χ2n) is 8.50. The number of fused-ring (bicyclic) bond motifs is 1. The Balaban J connectivity index is 1.52. The number of nitrogens with zero attached hydrogens (tertiary/aromatic N) is 3. The van der Waals surface area contributed by atoms with Crippen LogP contribution in [0.3, 0.4) is 0 Å². The van der Waals surface area contributed by atoms with Crippen LogP contribution in [0.1, 0.15) is 44.9 Å². The normalized spacial score (nSPS) is 16.7. The molecule has 3 N–H and O–H groups in total. The van der Waals surface area contributed by atoms with Gasteiger partial charge in [0.1, 0.15) is 5.69 Å². The van der Waals surface area contributed by atoms with E-state index in [0.717, 1.165) is 12.2 Å². The standard InChI is InChI=1S/C24H24ClN5O2/c1-27-14-24(10-11-24)15-5-7-17(8-6-15)29-12-9-19-20(22(26)31)28-30(21(19)23(29)32)18-4-2-3-16(25)13-18/h2-8,13,27H,9-12,14H2,1H3,(H2,26,31). The lowest BCUT2D eigenvalue weighted by molar-refractivity contribution is 0.0972. The van der Waals surface area contributed by atoms with Gasteiger partial charge in [0.15, 0.2) is 5.69 Å². The number of carbonyl (C=O) groups excluding carboxylic acids is 2. The van der Waals surface area contributed by atoms with Gasteiger partial charge in [0.25, 0.3) is 11.8 Å². The number of rotatable bonds is 6. The summed E-state index contributed by atoms with van der Waals surface area (Å²) in [5, 5.41) is 8.18. The van der Waals surface area contributed by atoms with E-state index in [1.807, 2.05) is 19.2 Å². The maximum atomic E-state index is 13.6. The van der Waals surface area contributed by atoms with Crippen LogP contribution in [0.5, 0.6) is 0 Å². The molecule has 1 saturated carbocycles. The summed E-state index contributed by atoms with van der Waals surface area (Å²) >= 11 is 6.15. The van der Waals surface area contributed by atoms with Gasteiger partial charge in [-0.05, 0) is 62.2 Å². The lowest BCUT2D eigenvalue weighted by atomic mass is 9.95. The molecule has 1 fully saturated rings. The zero-order valence-corrected chi connectivity index (χ0v) is 18.5. The van der Waals surface area contributed by atoms with Crippen LogP contribution in [0.25, 0.3) is 5.69 Å². The Morgan fingerprint density at radius 3 is 2.56 bits per heavy atom. The summed E-state index contributed by atoms with van der Waals surface area (Å²) in [4.78, 5) is 27.4. The number of halogens is 1. The van der Waals surface area contributed by atoms with Crippen LogP contribution in [-0.2, 0) is 11.8 Å². The molecule has 32 heavy (non-hydrogen) atoms. The summed E-state index contributed by atoms with van der Waals surface area (Å²) in [6, 6.07) is 15.3. The van der Waals surface area contributed by atoms with Gasteiger partial charge in [-0.15, -0.1) is 0 Å². The molecule has 3 aromatic rings. The number of benzene rings is 2. The van der Waals surface area contributed by atoms with Gasteiger partial charge >= 0.3 is 0 Å². The van der Waals surface area contributed by atoms with E-state index in [0.29, 0.717) is 34.9 Å². The highest BCUT2D eigenvalue weighted by atomic mass is 35.5. The monoisotopic (exact) mass is 449 g/mol. The molecule has 1 aromatic heterocycles. The second kappa shape index (κ2) is 7.76. The summed E-state index contributed by atoms with van der Waals surface area (Å²) < 4.78 is 1.48. The van der Waals surface area contributed by atoms with E-state index in [-0.39, 0.29) is 17.0 Å². The maximum absolute atomic E-state index is 13.6. The summed E-state index contributed by atoms with van der Waals surface area (Å²) in [6.45, 7) is 1.40. The molecule has 2 amide bonds. The molecule has 0 atom stereocenters. The quantitative estimate of drug-likeness (QED) is 0.604. The molecular weight excluding hydrogens is 426 g/mol. The number of amides is 2. The zero-order chi connectivity index (χ0) is 22.5. The second-order valence-corrected chi connectivity index (χ2v) is 8.93. The summed E-state index contributed by atoms with van der Waals surface area (Å²) in [7, 11) is 1.97. The molecule has 0 spiro atoms. The topological polar surface area (TPSA) is 93.2 Å². The van der Waals surface area contributed by atoms with Crippen molar-refractivity contribution in [2.45, 2.75) is 24.7 Å². The first-order valence-corrected chi connectivity index (χ1v) is 11.1. The van der Waals surface area contributed by atoms with Crippen molar-refractivity contribution in [3.05, 3.63) is 76.1 Å². The molecule has 164 valence electrons. The Morgan fingerprint density at radius 2 is 1.94 bits per heavy atom. The largest absolute Gasteiger partial charge is 0.364 e. The molecule has 7 nitrogen and oxygen atoms in total. The number of carbonyl (C=O) groups is 2. The Labute approximate surface area is 191 Å². The third-order valence-corrected chi connectivity index (χ3v) is 6.70. The molecule has 0 saturated heterocycles. The Kier molecular flexibility index (Phi) is 5.03. The van der Waals surface area contributed by atoms with Gasteiger partial charge in [0.05, 0.1) is 5.69 Å². The van der Waals surface area contributed by atoms with E-state index in [2.05, 4.69) is 22.5 Å².